The summed E-state index contributed by atoms with van der Waals surface area (Å²) in [6.45, 7) is 1.09. The van der Waals surface area contributed by atoms with Crippen LogP contribution in [0.25, 0.3) is 21.9 Å². The van der Waals surface area contributed by atoms with Gasteiger partial charge >= 0.3 is 0 Å². The number of ether oxygens (including phenoxy) is 2. The first kappa shape index (κ1) is 17.8. The van der Waals surface area contributed by atoms with E-state index in [1.54, 1.807) is 18.2 Å². The second-order valence-electron chi connectivity index (χ2n) is 6.09. The molecule has 4 rings (SSSR count). The topological polar surface area (TPSA) is 71.5 Å². The molecule has 0 spiro atoms. The fourth-order valence-corrected chi connectivity index (χ4v) is 4.14. The largest absolute Gasteiger partial charge is 0.550 e. The van der Waals surface area contributed by atoms with Crippen LogP contribution in [-0.2, 0) is 4.79 Å². The number of carbonyl (C=O) groups excluding carboxylic acids is 1. The van der Waals surface area contributed by atoms with Crippen molar-refractivity contribution >= 4 is 50.8 Å². The molecule has 138 valence electrons. The number of nitrogens with zero attached hydrogens (tertiary/aromatic N) is 1. The summed E-state index contributed by atoms with van der Waals surface area (Å²) < 4.78 is 12.3. The number of fused-ring (bicyclic) bond motifs is 2. The van der Waals surface area contributed by atoms with Gasteiger partial charge in [-0.1, -0.05) is 23.7 Å². The number of rotatable bonds is 4. The summed E-state index contributed by atoms with van der Waals surface area (Å²) >= 11 is 7.79. The number of benzene rings is 2. The minimum absolute atomic E-state index is 0.244. The van der Waals surface area contributed by atoms with E-state index < -0.39 is 5.97 Å². The van der Waals surface area contributed by atoms with Gasteiger partial charge in [0.05, 0.1) is 28.5 Å². The maximum absolute atomic E-state index is 11.3. The number of hydrogen-bond acceptors (Lipinski definition) is 6. The molecule has 0 unspecified atom stereocenters. The summed E-state index contributed by atoms with van der Waals surface area (Å²) in [6.07, 6.45) is 2.29. The SMILES string of the molecule is O=C([O-])C/C(=C\c1cc(Cl)c2c(c1)OCCCO2)c1nc2ccccc2s1. The Kier molecular flexibility index (Phi) is 5.01. The van der Waals surface area contributed by atoms with Crippen LogP contribution in [0.4, 0.5) is 0 Å². The number of aliphatic carboxylic acids is 1. The third-order valence-corrected chi connectivity index (χ3v) is 5.46. The van der Waals surface area contributed by atoms with Crippen LogP contribution in [0.5, 0.6) is 11.5 Å². The van der Waals surface area contributed by atoms with Crippen molar-refractivity contribution in [2.24, 2.45) is 0 Å². The average Bonchev–Trinajstić information content (AvgIpc) is 2.92. The third-order valence-electron chi connectivity index (χ3n) is 4.07. The first-order chi connectivity index (χ1) is 13.1. The molecule has 0 atom stereocenters. The number of carboxylic acid groups (broad SMARTS) is 1. The Balaban J connectivity index is 1.78. The van der Waals surface area contributed by atoms with E-state index in [4.69, 9.17) is 21.1 Å². The fraction of sp³-hybridized carbons (Fsp3) is 0.200. The van der Waals surface area contributed by atoms with Crippen LogP contribution in [0.15, 0.2) is 36.4 Å². The molecule has 1 aromatic heterocycles. The van der Waals surface area contributed by atoms with Crippen molar-refractivity contribution in [3.05, 3.63) is 52.0 Å². The number of para-hydroxylation sites is 1. The molecular weight excluding hydrogens is 386 g/mol. The van der Waals surface area contributed by atoms with E-state index in [-0.39, 0.29) is 6.42 Å². The van der Waals surface area contributed by atoms with Gasteiger partial charge in [0.2, 0.25) is 0 Å². The molecule has 0 aliphatic carbocycles. The fourth-order valence-electron chi connectivity index (χ4n) is 2.89. The van der Waals surface area contributed by atoms with Crippen molar-refractivity contribution < 1.29 is 19.4 Å². The van der Waals surface area contributed by atoms with Crippen molar-refractivity contribution in [2.45, 2.75) is 12.8 Å². The Morgan fingerprint density at radius 2 is 2.07 bits per heavy atom. The standard InChI is InChI=1S/C20H16ClNO4S/c21-14-9-12(10-16-19(14)26-7-3-6-25-16)8-13(11-18(23)24)20-22-15-4-1-2-5-17(15)27-20/h1-2,4-5,8-10H,3,6-7,11H2,(H,23,24)/p-1/b13-8+. The van der Waals surface area contributed by atoms with Crippen LogP contribution < -0.4 is 14.6 Å². The summed E-state index contributed by atoms with van der Waals surface area (Å²) in [7, 11) is 0. The molecule has 0 radical (unpaired) electrons. The molecule has 27 heavy (non-hydrogen) atoms. The molecule has 7 heteroatoms. The zero-order valence-electron chi connectivity index (χ0n) is 14.2. The molecule has 0 saturated carbocycles. The number of thiazole rings is 1. The Labute approximate surface area is 164 Å². The molecule has 0 bridgehead atoms. The van der Waals surface area contributed by atoms with Gasteiger partial charge in [-0.2, -0.15) is 0 Å². The Hall–Kier alpha value is -2.57. The van der Waals surface area contributed by atoms with Gasteiger partial charge in [0.15, 0.2) is 11.5 Å². The van der Waals surface area contributed by atoms with Crippen molar-refractivity contribution in [1.29, 1.82) is 0 Å². The second-order valence-corrected chi connectivity index (χ2v) is 7.52. The number of carboxylic acids is 1. The number of aromatic nitrogens is 1. The lowest BCUT2D eigenvalue weighted by atomic mass is 10.1. The summed E-state index contributed by atoms with van der Waals surface area (Å²) in [5.74, 6) is -0.0861. The van der Waals surface area contributed by atoms with Crippen molar-refractivity contribution in [2.75, 3.05) is 13.2 Å². The lowest BCUT2D eigenvalue weighted by Gasteiger charge is -2.11. The van der Waals surface area contributed by atoms with Crippen LogP contribution in [0, 0.1) is 0 Å². The number of halogens is 1. The van der Waals surface area contributed by atoms with E-state index in [0.29, 0.717) is 40.3 Å². The van der Waals surface area contributed by atoms with E-state index in [0.717, 1.165) is 22.2 Å². The maximum Gasteiger partial charge on any atom is 0.179 e. The normalized spacial score (nSPS) is 14.2. The Morgan fingerprint density at radius 3 is 2.89 bits per heavy atom. The molecule has 0 amide bonds. The van der Waals surface area contributed by atoms with Crippen LogP contribution in [0.2, 0.25) is 5.02 Å². The maximum atomic E-state index is 11.3. The van der Waals surface area contributed by atoms with E-state index in [2.05, 4.69) is 4.98 Å². The minimum Gasteiger partial charge on any atom is -0.550 e. The summed E-state index contributed by atoms with van der Waals surface area (Å²) in [5, 5.41) is 12.4. The number of carbonyl (C=O) groups is 1. The van der Waals surface area contributed by atoms with Gasteiger partial charge in [0.1, 0.15) is 5.01 Å². The highest BCUT2D eigenvalue weighted by Gasteiger charge is 2.16. The van der Waals surface area contributed by atoms with Crippen LogP contribution in [-0.4, -0.2) is 24.2 Å². The van der Waals surface area contributed by atoms with Crippen molar-refractivity contribution in [3.8, 4) is 11.5 Å². The zero-order chi connectivity index (χ0) is 18.8. The summed E-state index contributed by atoms with van der Waals surface area (Å²) in [4.78, 5) is 15.8. The van der Waals surface area contributed by atoms with E-state index in [1.165, 1.54) is 11.3 Å². The highest BCUT2D eigenvalue weighted by molar-refractivity contribution is 7.19. The summed E-state index contributed by atoms with van der Waals surface area (Å²) in [6, 6.07) is 11.2. The lowest BCUT2D eigenvalue weighted by molar-refractivity contribution is -0.304. The average molecular weight is 401 g/mol. The Bertz CT molecular complexity index is 1010. The molecule has 0 fully saturated rings. The molecule has 1 aliphatic heterocycles. The van der Waals surface area contributed by atoms with E-state index >= 15 is 0 Å². The van der Waals surface area contributed by atoms with Crippen molar-refractivity contribution in [1.82, 2.24) is 4.98 Å². The van der Waals surface area contributed by atoms with Gasteiger partial charge in [0.25, 0.3) is 0 Å². The molecule has 1 aliphatic rings. The van der Waals surface area contributed by atoms with Gasteiger partial charge < -0.3 is 19.4 Å². The predicted molar refractivity (Wildman–Crippen MR) is 104 cm³/mol. The molecular formula is C20H15ClNO4S-. The van der Waals surface area contributed by atoms with E-state index in [9.17, 15) is 9.90 Å². The first-order valence-corrected chi connectivity index (χ1v) is 9.65. The van der Waals surface area contributed by atoms with Gasteiger partial charge in [-0.3, -0.25) is 0 Å². The third kappa shape index (κ3) is 3.91. The van der Waals surface area contributed by atoms with Gasteiger partial charge in [0, 0.05) is 18.8 Å². The second kappa shape index (κ2) is 7.58. The quantitative estimate of drug-likeness (QED) is 0.666. The Morgan fingerprint density at radius 1 is 1.26 bits per heavy atom. The molecule has 3 aromatic rings. The lowest BCUT2D eigenvalue weighted by Crippen LogP contribution is -2.22. The van der Waals surface area contributed by atoms with Gasteiger partial charge in [-0.15, -0.1) is 11.3 Å². The highest BCUT2D eigenvalue weighted by Crippen LogP contribution is 2.39. The molecule has 0 saturated heterocycles. The van der Waals surface area contributed by atoms with Crippen LogP contribution in [0.3, 0.4) is 0 Å². The van der Waals surface area contributed by atoms with Crippen molar-refractivity contribution in [3.63, 3.8) is 0 Å². The smallest absolute Gasteiger partial charge is 0.179 e. The minimum atomic E-state index is -1.17. The summed E-state index contributed by atoms with van der Waals surface area (Å²) in [5.41, 5.74) is 2.11. The molecule has 5 nitrogen and oxygen atoms in total. The van der Waals surface area contributed by atoms with Gasteiger partial charge in [-0.25, -0.2) is 4.98 Å². The predicted octanol–water partition coefficient (Wildman–Crippen LogP) is 3.79. The monoisotopic (exact) mass is 400 g/mol. The van der Waals surface area contributed by atoms with Gasteiger partial charge in [-0.05, 0) is 41.5 Å². The van der Waals surface area contributed by atoms with E-state index in [1.807, 2.05) is 24.3 Å². The molecule has 2 aromatic carbocycles. The number of hydrogen-bond donors (Lipinski definition) is 0. The molecule has 0 N–H and O–H groups in total. The van der Waals surface area contributed by atoms with Crippen LogP contribution >= 0.6 is 22.9 Å². The zero-order valence-corrected chi connectivity index (χ0v) is 15.8. The van der Waals surface area contributed by atoms with Crippen LogP contribution in [0.1, 0.15) is 23.4 Å². The highest BCUT2D eigenvalue weighted by atomic mass is 35.5. The first-order valence-electron chi connectivity index (χ1n) is 8.45. The molecule has 2 heterocycles.